The van der Waals surface area contributed by atoms with Crippen molar-refractivity contribution < 1.29 is 9.18 Å². The summed E-state index contributed by atoms with van der Waals surface area (Å²) in [5.74, 6) is -0.416. The van der Waals surface area contributed by atoms with Gasteiger partial charge in [-0.25, -0.2) is 4.39 Å². The van der Waals surface area contributed by atoms with Crippen molar-refractivity contribution >= 4 is 18.3 Å². The predicted octanol–water partition coefficient (Wildman–Crippen LogP) is 2.33. The number of nitrogens with two attached hydrogens (primary N) is 1. The van der Waals surface area contributed by atoms with Crippen LogP contribution in [0.25, 0.3) is 0 Å². The summed E-state index contributed by atoms with van der Waals surface area (Å²) in [5, 5.41) is 0. The van der Waals surface area contributed by atoms with Crippen LogP contribution in [0.2, 0.25) is 0 Å². The quantitative estimate of drug-likeness (QED) is 0.865. The Morgan fingerprint density at radius 3 is 2.61 bits per heavy atom. The largest absolute Gasteiger partial charge is 0.337 e. The third kappa shape index (κ3) is 5.02. The molecule has 1 amide bonds. The summed E-state index contributed by atoms with van der Waals surface area (Å²) in [7, 11) is 0. The molecule has 0 unspecified atom stereocenters. The van der Waals surface area contributed by atoms with Crippen LogP contribution >= 0.6 is 12.4 Å². The van der Waals surface area contributed by atoms with Crippen LogP contribution in [0, 0.1) is 5.82 Å². The van der Waals surface area contributed by atoms with Crippen LogP contribution in [-0.4, -0.2) is 23.9 Å². The summed E-state index contributed by atoms with van der Waals surface area (Å²) in [6, 6.07) is 6.50. The highest BCUT2D eigenvalue weighted by molar-refractivity contribution is 5.85. The molecule has 0 heterocycles. The van der Waals surface area contributed by atoms with Crippen molar-refractivity contribution in [2.24, 2.45) is 5.73 Å². The van der Waals surface area contributed by atoms with Gasteiger partial charge < -0.3 is 10.6 Å². The lowest BCUT2D eigenvalue weighted by Crippen LogP contribution is -2.36. The molecule has 0 bridgehead atoms. The fourth-order valence-electron chi connectivity index (χ4n) is 1.60. The Bertz CT molecular complexity index is 374. The van der Waals surface area contributed by atoms with Gasteiger partial charge in [-0.2, -0.15) is 0 Å². The molecular weight excluding hydrogens is 255 g/mol. The Morgan fingerprint density at radius 1 is 1.39 bits per heavy atom. The fraction of sp³-hybridized carbons (Fsp3) is 0.462. The minimum Gasteiger partial charge on any atom is -0.337 e. The first-order valence-electron chi connectivity index (χ1n) is 5.90. The summed E-state index contributed by atoms with van der Waals surface area (Å²) in [5.41, 5.74) is 5.88. The summed E-state index contributed by atoms with van der Waals surface area (Å²) >= 11 is 0. The Kier molecular flexibility index (Phi) is 8.33. The number of hydrogen-bond acceptors (Lipinski definition) is 2. The van der Waals surface area contributed by atoms with Crippen LogP contribution in [0.1, 0.15) is 25.3 Å². The average Bonchev–Trinajstić information content (AvgIpc) is 2.35. The molecule has 0 atom stereocenters. The highest BCUT2D eigenvalue weighted by atomic mass is 35.5. The molecule has 0 spiro atoms. The second kappa shape index (κ2) is 8.89. The zero-order valence-corrected chi connectivity index (χ0v) is 11.4. The molecule has 1 rings (SSSR count). The highest BCUT2D eigenvalue weighted by Gasteiger charge is 2.13. The first-order valence-corrected chi connectivity index (χ1v) is 5.90. The number of carbonyl (C=O) groups excluding carboxylic acids is 1. The third-order valence-corrected chi connectivity index (χ3v) is 2.63. The summed E-state index contributed by atoms with van der Waals surface area (Å²) in [6.45, 7) is 2.94. The molecule has 102 valence electrons. The van der Waals surface area contributed by atoms with Gasteiger partial charge in [0.15, 0.2) is 0 Å². The van der Waals surface area contributed by atoms with Crippen LogP contribution in [-0.2, 0) is 11.3 Å². The van der Waals surface area contributed by atoms with Crippen molar-refractivity contribution in [3.8, 4) is 0 Å². The first-order chi connectivity index (χ1) is 8.19. The Morgan fingerprint density at radius 2 is 2.06 bits per heavy atom. The van der Waals surface area contributed by atoms with Crippen LogP contribution < -0.4 is 5.73 Å². The number of benzene rings is 1. The maximum Gasteiger partial charge on any atom is 0.236 e. The lowest BCUT2D eigenvalue weighted by Gasteiger charge is -2.22. The molecule has 0 fully saturated rings. The van der Waals surface area contributed by atoms with Gasteiger partial charge in [0, 0.05) is 18.7 Å². The lowest BCUT2D eigenvalue weighted by atomic mass is 10.2. The van der Waals surface area contributed by atoms with Crippen LogP contribution in [0.3, 0.4) is 0 Å². The number of hydrogen-bond donors (Lipinski definition) is 1. The maximum absolute atomic E-state index is 13.5. The highest BCUT2D eigenvalue weighted by Crippen LogP contribution is 2.10. The van der Waals surface area contributed by atoms with Gasteiger partial charge in [-0.3, -0.25) is 4.79 Å². The lowest BCUT2D eigenvalue weighted by molar-refractivity contribution is -0.130. The molecule has 0 aromatic heterocycles. The summed E-state index contributed by atoms with van der Waals surface area (Å²) in [6.07, 6.45) is 1.89. The number of amides is 1. The van der Waals surface area contributed by atoms with Crippen molar-refractivity contribution in [3.63, 3.8) is 0 Å². The van der Waals surface area contributed by atoms with E-state index in [-0.39, 0.29) is 30.7 Å². The smallest absolute Gasteiger partial charge is 0.236 e. The first kappa shape index (κ1) is 16.9. The van der Waals surface area contributed by atoms with Crippen molar-refractivity contribution in [2.45, 2.75) is 26.3 Å². The van der Waals surface area contributed by atoms with Gasteiger partial charge in [-0.15, -0.1) is 12.4 Å². The number of carbonyl (C=O) groups is 1. The summed E-state index contributed by atoms with van der Waals surface area (Å²) in [4.78, 5) is 13.2. The molecule has 3 nitrogen and oxygen atoms in total. The Balaban J connectivity index is 0.00000289. The molecule has 0 aliphatic carbocycles. The van der Waals surface area contributed by atoms with E-state index >= 15 is 0 Å². The third-order valence-electron chi connectivity index (χ3n) is 2.63. The number of rotatable bonds is 6. The predicted molar refractivity (Wildman–Crippen MR) is 73.0 cm³/mol. The molecule has 0 aliphatic heterocycles. The fourth-order valence-corrected chi connectivity index (χ4v) is 1.60. The van der Waals surface area contributed by atoms with Crippen LogP contribution in [0.5, 0.6) is 0 Å². The molecule has 5 heteroatoms. The Labute approximate surface area is 114 Å². The molecule has 0 saturated carbocycles. The van der Waals surface area contributed by atoms with Crippen molar-refractivity contribution in [1.82, 2.24) is 4.90 Å². The minimum absolute atomic E-state index is 0. The average molecular weight is 275 g/mol. The molecule has 1 aromatic carbocycles. The standard InChI is InChI=1S/C13H19FN2O.ClH/c1-2-3-8-16(13(17)9-15)10-11-6-4-5-7-12(11)14;/h4-7H,2-3,8-10,15H2,1H3;1H. The van der Waals surface area contributed by atoms with E-state index in [4.69, 9.17) is 5.73 Å². The maximum atomic E-state index is 13.5. The van der Waals surface area contributed by atoms with Crippen molar-refractivity contribution in [2.75, 3.05) is 13.1 Å². The van der Waals surface area contributed by atoms with Crippen molar-refractivity contribution in [3.05, 3.63) is 35.6 Å². The van der Waals surface area contributed by atoms with Crippen LogP contribution in [0.15, 0.2) is 24.3 Å². The van der Waals surface area contributed by atoms with Gasteiger partial charge >= 0.3 is 0 Å². The second-order valence-electron chi connectivity index (χ2n) is 3.96. The van der Waals surface area contributed by atoms with E-state index in [9.17, 15) is 9.18 Å². The van der Waals surface area contributed by atoms with Gasteiger partial charge in [0.1, 0.15) is 5.82 Å². The minimum atomic E-state index is -0.279. The van der Waals surface area contributed by atoms with E-state index in [1.165, 1.54) is 6.07 Å². The number of unbranched alkanes of at least 4 members (excludes halogenated alkanes) is 1. The number of nitrogens with zero attached hydrogens (tertiary/aromatic N) is 1. The van der Waals surface area contributed by atoms with Crippen LogP contribution in [0.4, 0.5) is 4.39 Å². The molecule has 0 radical (unpaired) electrons. The molecule has 0 aliphatic rings. The van der Waals surface area contributed by atoms with Gasteiger partial charge in [-0.1, -0.05) is 31.5 Å². The molecule has 0 saturated heterocycles. The van der Waals surface area contributed by atoms with E-state index in [1.807, 2.05) is 6.92 Å². The van der Waals surface area contributed by atoms with E-state index in [1.54, 1.807) is 23.1 Å². The summed E-state index contributed by atoms with van der Waals surface area (Å²) < 4.78 is 13.5. The van der Waals surface area contributed by atoms with Crippen molar-refractivity contribution in [1.29, 1.82) is 0 Å². The molecule has 2 N–H and O–H groups in total. The van der Waals surface area contributed by atoms with Gasteiger partial charge in [0.05, 0.1) is 6.54 Å². The van der Waals surface area contributed by atoms with E-state index in [0.29, 0.717) is 18.7 Å². The molecule has 1 aromatic rings. The van der Waals surface area contributed by atoms with E-state index in [0.717, 1.165) is 12.8 Å². The van der Waals surface area contributed by atoms with Gasteiger partial charge in [0.25, 0.3) is 0 Å². The van der Waals surface area contributed by atoms with Gasteiger partial charge in [-0.05, 0) is 12.5 Å². The monoisotopic (exact) mass is 274 g/mol. The molecular formula is C13H20ClFN2O. The normalized spacial score (nSPS) is 9.72. The zero-order chi connectivity index (χ0) is 12.7. The zero-order valence-electron chi connectivity index (χ0n) is 10.6. The van der Waals surface area contributed by atoms with E-state index < -0.39 is 0 Å². The van der Waals surface area contributed by atoms with E-state index in [2.05, 4.69) is 0 Å². The molecule has 18 heavy (non-hydrogen) atoms. The number of halogens is 2. The Hall–Kier alpha value is -1.13. The topological polar surface area (TPSA) is 46.3 Å². The van der Waals surface area contributed by atoms with Gasteiger partial charge in [0.2, 0.25) is 5.91 Å². The second-order valence-corrected chi connectivity index (χ2v) is 3.96. The SMILES string of the molecule is CCCCN(Cc1ccccc1F)C(=O)CN.Cl.